The molecule has 106 valence electrons. The molecule has 0 saturated carbocycles. The van der Waals surface area contributed by atoms with Gasteiger partial charge in [-0.05, 0) is 14.0 Å². The molecule has 0 aromatic carbocycles. The number of aliphatic hydroxyl groups is 1. The standard InChI is InChI=1S/C11H16N2O4S2/c1-5(14)6-8(15)13-7(10(16)17)11(19-9(6)13)18-4-3-12-2/h5-6,9,12,14H,3-4H2,1-2H3,(H,16,17)/t5-,6+,9-/m1/s1. The second-order valence-corrected chi connectivity index (χ2v) is 6.87. The van der Waals surface area contributed by atoms with Crippen LogP contribution in [0.2, 0.25) is 0 Å². The van der Waals surface area contributed by atoms with E-state index in [0.717, 1.165) is 12.3 Å². The molecular formula is C11H16N2O4S2. The Kier molecular flexibility index (Phi) is 4.44. The van der Waals surface area contributed by atoms with Crippen LogP contribution in [0.3, 0.4) is 0 Å². The highest BCUT2D eigenvalue weighted by Gasteiger charge is 2.57. The molecule has 0 spiro atoms. The number of aliphatic carboxylic acids is 1. The van der Waals surface area contributed by atoms with Crippen molar-refractivity contribution in [3.05, 3.63) is 9.93 Å². The first-order chi connectivity index (χ1) is 8.99. The maximum absolute atomic E-state index is 11.9. The third-order valence-corrected chi connectivity index (χ3v) is 5.71. The van der Waals surface area contributed by atoms with E-state index in [0.29, 0.717) is 4.24 Å². The van der Waals surface area contributed by atoms with E-state index in [9.17, 15) is 19.8 Å². The van der Waals surface area contributed by atoms with Crippen LogP contribution in [0.25, 0.3) is 0 Å². The minimum atomic E-state index is -1.08. The van der Waals surface area contributed by atoms with Gasteiger partial charge in [0.1, 0.15) is 5.37 Å². The molecule has 0 aromatic heterocycles. The summed E-state index contributed by atoms with van der Waals surface area (Å²) >= 11 is 2.80. The molecule has 3 N–H and O–H groups in total. The van der Waals surface area contributed by atoms with E-state index >= 15 is 0 Å². The van der Waals surface area contributed by atoms with Crippen molar-refractivity contribution in [3.8, 4) is 0 Å². The molecule has 2 aliphatic rings. The van der Waals surface area contributed by atoms with Gasteiger partial charge in [-0.1, -0.05) is 11.8 Å². The van der Waals surface area contributed by atoms with Gasteiger partial charge < -0.3 is 15.5 Å². The van der Waals surface area contributed by atoms with Crippen molar-refractivity contribution in [2.45, 2.75) is 18.4 Å². The van der Waals surface area contributed by atoms with Crippen molar-refractivity contribution in [1.82, 2.24) is 10.2 Å². The lowest BCUT2D eigenvalue weighted by Gasteiger charge is -2.43. The van der Waals surface area contributed by atoms with Crippen molar-refractivity contribution in [2.24, 2.45) is 5.92 Å². The summed E-state index contributed by atoms with van der Waals surface area (Å²) in [5.41, 5.74) is 0.0676. The fourth-order valence-electron chi connectivity index (χ4n) is 2.10. The number of β-lactam (4-membered cyclic amide) rings is 1. The van der Waals surface area contributed by atoms with Crippen LogP contribution in [0.1, 0.15) is 6.92 Å². The molecule has 6 nitrogen and oxygen atoms in total. The normalized spacial score (nSPS) is 27.3. The molecule has 0 unspecified atom stereocenters. The third kappa shape index (κ3) is 2.49. The summed E-state index contributed by atoms with van der Waals surface area (Å²) in [6, 6.07) is 0. The van der Waals surface area contributed by atoms with E-state index in [4.69, 9.17) is 0 Å². The minimum absolute atomic E-state index is 0.0676. The Morgan fingerprint density at radius 3 is 2.84 bits per heavy atom. The van der Waals surface area contributed by atoms with Gasteiger partial charge in [0.15, 0.2) is 5.70 Å². The van der Waals surface area contributed by atoms with Crippen molar-refractivity contribution < 1.29 is 19.8 Å². The number of hydrogen-bond acceptors (Lipinski definition) is 6. The molecule has 0 aromatic rings. The fraction of sp³-hybridized carbons (Fsp3) is 0.636. The SMILES string of the molecule is CNCCSC1=C(C(=O)O)N2C(=O)[C@H]([C@@H](C)O)[C@H]2S1. The number of amides is 1. The number of nitrogens with one attached hydrogen (secondary N) is 1. The summed E-state index contributed by atoms with van der Waals surface area (Å²) in [5, 5.41) is 21.5. The second-order valence-electron chi connectivity index (χ2n) is 4.38. The quantitative estimate of drug-likeness (QED) is 0.474. The maximum Gasteiger partial charge on any atom is 0.354 e. The average Bonchev–Trinajstić information content (AvgIpc) is 2.64. The molecule has 1 fully saturated rings. The smallest absolute Gasteiger partial charge is 0.354 e. The predicted molar refractivity (Wildman–Crippen MR) is 74.4 cm³/mol. The number of carboxylic acids is 1. The van der Waals surface area contributed by atoms with Gasteiger partial charge in [0.25, 0.3) is 0 Å². The van der Waals surface area contributed by atoms with Gasteiger partial charge in [-0.25, -0.2) is 4.79 Å². The highest BCUT2D eigenvalue weighted by molar-refractivity contribution is 8.22. The number of carboxylic acid groups (broad SMARTS) is 1. The van der Waals surface area contributed by atoms with E-state index in [1.807, 2.05) is 7.05 Å². The van der Waals surface area contributed by atoms with E-state index in [1.54, 1.807) is 6.92 Å². The lowest BCUT2D eigenvalue weighted by atomic mass is 9.92. The first kappa shape index (κ1) is 14.7. The summed E-state index contributed by atoms with van der Waals surface area (Å²) in [5.74, 6) is -1.14. The molecule has 3 atom stereocenters. The average molecular weight is 304 g/mol. The number of nitrogens with zero attached hydrogens (tertiary/aromatic N) is 1. The van der Waals surface area contributed by atoms with Crippen molar-refractivity contribution in [1.29, 1.82) is 0 Å². The van der Waals surface area contributed by atoms with Gasteiger partial charge in [-0.15, -0.1) is 11.8 Å². The van der Waals surface area contributed by atoms with Crippen LogP contribution in [0.5, 0.6) is 0 Å². The van der Waals surface area contributed by atoms with Crippen molar-refractivity contribution >= 4 is 35.4 Å². The number of rotatable bonds is 6. The van der Waals surface area contributed by atoms with Gasteiger partial charge in [-0.2, -0.15) is 0 Å². The highest BCUT2D eigenvalue weighted by atomic mass is 32.2. The van der Waals surface area contributed by atoms with E-state index < -0.39 is 18.0 Å². The Hall–Kier alpha value is -0.700. The predicted octanol–water partition coefficient (Wildman–Crippen LogP) is 0.105. The fourth-order valence-corrected chi connectivity index (χ4v) is 5.05. The monoisotopic (exact) mass is 304 g/mol. The third-order valence-electron chi connectivity index (χ3n) is 3.05. The van der Waals surface area contributed by atoms with Gasteiger partial charge in [0.2, 0.25) is 5.91 Å². The van der Waals surface area contributed by atoms with E-state index in [1.165, 1.54) is 28.4 Å². The Morgan fingerprint density at radius 1 is 1.63 bits per heavy atom. The number of thioether (sulfide) groups is 2. The zero-order valence-corrected chi connectivity index (χ0v) is 12.3. The Balaban J connectivity index is 2.14. The number of hydrogen-bond donors (Lipinski definition) is 3. The molecule has 19 heavy (non-hydrogen) atoms. The van der Waals surface area contributed by atoms with Gasteiger partial charge >= 0.3 is 5.97 Å². The van der Waals surface area contributed by atoms with Crippen molar-refractivity contribution in [2.75, 3.05) is 19.3 Å². The zero-order chi connectivity index (χ0) is 14.2. The number of carbonyl (C=O) groups is 2. The summed E-state index contributed by atoms with van der Waals surface area (Å²) in [4.78, 5) is 24.5. The van der Waals surface area contributed by atoms with Crippen LogP contribution in [-0.4, -0.2) is 57.8 Å². The molecule has 0 bridgehead atoms. The number of carbonyl (C=O) groups excluding carboxylic acids is 1. The Morgan fingerprint density at radius 2 is 2.32 bits per heavy atom. The topological polar surface area (TPSA) is 89.9 Å². The molecule has 2 aliphatic heterocycles. The second kappa shape index (κ2) is 5.74. The lowest BCUT2D eigenvalue weighted by molar-refractivity contribution is -0.156. The molecule has 1 saturated heterocycles. The first-order valence-corrected chi connectivity index (χ1v) is 7.78. The largest absolute Gasteiger partial charge is 0.477 e. The van der Waals surface area contributed by atoms with E-state index in [-0.39, 0.29) is 17.0 Å². The highest BCUT2D eigenvalue weighted by Crippen LogP contribution is 2.53. The number of aliphatic hydroxyl groups excluding tert-OH is 1. The van der Waals surface area contributed by atoms with Crippen LogP contribution >= 0.6 is 23.5 Å². The van der Waals surface area contributed by atoms with Crippen LogP contribution in [0.15, 0.2) is 9.93 Å². The zero-order valence-electron chi connectivity index (χ0n) is 10.6. The molecule has 2 heterocycles. The van der Waals surface area contributed by atoms with Crippen LogP contribution in [0.4, 0.5) is 0 Å². The minimum Gasteiger partial charge on any atom is -0.477 e. The Labute approximate surface area is 119 Å². The first-order valence-electron chi connectivity index (χ1n) is 5.91. The summed E-state index contributed by atoms with van der Waals surface area (Å²) < 4.78 is 0.657. The summed E-state index contributed by atoms with van der Waals surface area (Å²) in [7, 11) is 1.83. The Bertz CT molecular complexity index is 438. The van der Waals surface area contributed by atoms with Crippen LogP contribution in [0, 0.1) is 5.92 Å². The molecule has 1 amide bonds. The van der Waals surface area contributed by atoms with Gasteiger partial charge in [-0.3, -0.25) is 9.69 Å². The molecular weight excluding hydrogens is 288 g/mol. The van der Waals surface area contributed by atoms with Gasteiger partial charge in [0.05, 0.1) is 16.3 Å². The van der Waals surface area contributed by atoms with Gasteiger partial charge in [0, 0.05) is 12.3 Å². The molecule has 0 aliphatic carbocycles. The van der Waals surface area contributed by atoms with Crippen molar-refractivity contribution in [3.63, 3.8) is 0 Å². The van der Waals surface area contributed by atoms with Crippen LogP contribution in [-0.2, 0) is 9.59 Å². The molecule has 0 radical (unpaired) electrons. The lowest BCUT2D eigenvalue weighted by Crippen LogP contribution is -2.60. The van der Waals surface area contributed by atoms with Crippen LogP contribution < -0.4 is 5.32 Å². The van der Waals surface area contributed by atoms with E-state index in [2.05, 4.69) is 5.32 Å². The summed E-state index contributed by atoms with van der Waals surface area (Å²) in [6.07, 6.45) is -0.752. The summed E-state index contributed by atoms with van der Waals surface area (Å²) in [6.45, 7) is 2.33. The molecule has 8 heteroatoms. The molecule has 2 rings (SSSR count). The maximum atomic E-state index is 11.9. The number of fused-ring (bicyclic) bond motifs is 1.